The summed E-state index contributed by atoms with van der Waals surface area (Å²) < 4.78 is 1.82. The molecule has 0 aromatic heterocycles. The van der Waals surface area contributed by atoms with Gasteiger partial charge in [-0.15, -0.1) is 0 Å². The first-order valence-corrected chi connectivity index (χ1v) is 12.0. The molecule has 0 fully saturated rings. The maximum absolute atomic E-state index is 11.0. The number of fused-ring (bicyclic) bond motifs is 1. The first-order chi connectivity index (χ1) is 15.8. The van der Waals surface area contributed by atoms with Gasteiger partial charge >= 0.3 is 225 Å². The zero-order valence-electron chi connectivity index (χ0n) is 17.9. The third-order valence-corrected chi connectivity index (χ3v) is 6.64. The van der Waals surface area contributed by atoms with Crippen LogP contribution >= 0.6 is 0 Å². The standard InChI is InChI=1S/C22H14N6O3.2Na/c23-21-18(26-25-16-8-10-17(11-9-16)28(30)31)12-6-14-7-13-19(22(29)20(14)21)27-24-15-4-2-1-3-5-15;;/h1-11,29H,23H2;;. The van der Waals surface area contributed by atoms with E-state index in [1.54, 1.807) is 0 Å². The summed E-state index contributed by atoms with van der Waals surface area (Å²) in [7, 11) is 0. The molecule has 4 rings (SSSR count). The summed E-state index contributed by atoms with van der Waals surface area (Å²) in [6, 6.07) is 18.9. The van der Waals surface area contributed by atoms with E-state index in [2.05, 4.69) is 20.5 Å². The van der Waals surface area contributed by atoms with Gasteiger partial charge in [0.15, 0.2) is 0 Å². The predicted molar refractivity (Wildman–Crippen MR) is 129 cm³/mol. The van der Waals surface area contributed by atoms with Crippen molar-refractivity contribution in [2.45, 2.75) is 0 Å². The molecule has 0 saturated heterocycles. The van der Waals surface area contributed by atoms with Crippen molar-refractivity contribution >= 4 is 106 Å². The number of hydrogen-bond donors (Lipinski definition) is 2. The number of phenols is 1. The number of nitrogens with two attached hydrogens (primary N) is 1. The molecule has 33 heavy (non-hydrogen) atoms. The molecule has 11 heteroatoms. The van der Waals surface area contributed by atoms with Crippen molar-refractivity contribution in [2.24, 2.45) is 20.5 Å². The van der Waals surface area contributed by atoms with Crippen LogP contribution < -0.4 is 11.4 Å². The summed E-state index contributed by atoms with van der Waals surface area (Å²) in [5, 5.41) is 40.1. The molecule has 0 aliphatic carbocycles. The van der Waals surface area contributed by atoms with Crippen LogP contribution in [0, 0.1) is 10.1 Å². The Kier molecular flexibility index (Phi) is 7.18. The number of aromatic hydroxyl groups is 1. The number of rotatable bonds is 5. The van der Waals surface area contributed by atoms with Gasteiger partial charge in [-0.25, -0.2) is 0 Å². The minimum absolute atomic E-state index is 0.0243. The molecule has 4 aromatic carbocycles. The summed E-state index contributed by atoms with van der Waals surface area (Å²) in [5.74, 6) is -0.0388. The SMILES string of the molecule is Nc1c(N=Nc2ccc([N+](=O)[O-])cc2)[c]([Na])cc2c[c]([Na])c(N=Nc3ccccc3)c(O)c12. The number of nitro benzene ring substituents is 1. The fourth-order valence-corrected chi connectivity index (χ4v) is 4.78. The topological polar surface area (TPSA) is 139 Å². The molecule has 152 valence electrons. The molecule has 3 N–H and O–H groups in total. The normalized spacial score (nSPS) is 11.6. The number of non-ortho nitro benzene ring substituents is 1. The molecule has 9 nitrogen and oxygen atoms in total. The third-order valence-electron chi connectivity index (χ3n) is 5.11. The number of nitrogens with zero attached hydrogens (tertiary/aromatic N) is 5. The molecular formula is C22H14N6Na2O3. The molecule has 0 bridgehead atoms. The molecule has 0 unspecified atom stereocenters. The number of phenolic OH excluding ortho intramolecular Hbond substituents is 1. The van der Waals surface area contributed by atoms with Crippen LogP contribution in [0.2, 0.25) is 0 Å². The van der Waals surface area contributed by atoms with Gasteiger partial charge in [-0.2, -0.15) is 0 Å². The summed E-state index contributed by atoms with van der Waals surface area (Å²) in [6.45, 7) is 0. The van der Waals surface area contributed by atoms with Crippen LogP contribution in [-0.4, -0.2) is 65.9 Å². The van der Waals surface area contributed by atoms with Crippen LogP contribution in [0.25, 0.3) is 10.8 Å². The molecule has 0 radical (unpaired) electrons. The van der Waals surface area contributed by atoms with Gasteiger partial charge in [-0.1, -0.05) is 0 Å². The average molecular weight is 456 g/mol. The molecule has 0 amide bonds. The molecule has 0 aliphatic rings. The Labute approximate surface area is 223 Å². The van der Waals surface area contributed by atoms with Gasteiger partial charge in [0.05, 0.1) is 0 Å². The van der Waals surface area contributed by atoms with Crippen molar-refractivity contribution in [3.63, 3.8) is 0 Å². The van der Waals surface area contributed by atoms with Crippen LogP contribution in [0.3, 0.4) is 0 Å². The van der Waals surface area contributed by atoms with E-state index in [-0.39, 0.29) is 11.4 Å². The predicted octanol–water partition coefficient (Wildman–Crippen LogP) is 4.45. The van der Waals surface area contributed by atoms with Gasteiger partial charge in [0.1, 0.15) is 0 Å². The van der Waals surface area contributed by atoms with E-state index < -0.39 is 4.92 Å². The average Bonchev–Trinajstić information content (AvgIpc) is 2.79. The van der Waals surface area contributed by atoms with E-state index in [9.17, 15) is 15.2 Å². The quantitative estimate of drug-likeness (QED) is 0.151. The minimum atomic E-state index is -0.474. The Hall–Kier alpha value is -2.66. The van der Waals surface area contributed by atoms with Crippen molar-refractivity contribution in [1.29, 1.82) is 0 Å². The van der Waals surface area contributed by atoms with E-state index in [1.165, 1.54) is 24.3 Å². The van der Waals surface area contributed by atoms with E-state index in [0.717, 1.165) is 11.0 Å². The third kappa shape index (κ3) is 5.14. The number of benzene rings is 4. The van der Waals surface area contributed by atoms with Gasteiger partial charge in [0.2, 0.25) is 0 Å². The zero-order chi connectivity index (χ0) is 23.5. The van der Waals surface area contributed by atoms with Gasteiger partial charge < -0.3 is 0 Å². The van der Waals surface area contributed by atoms with Crippen LogP contribution in [0.15, 0.2) is 87.2 Å². The van der Waals surface area contributed by atoms with E-state index >= 15 is 0 Å². The monoisotopic (exact) mass is 456 g/mol. The molecule has 0 saturated carbocycles. The van der Waals surface area contributed by atoms with Crippen LogP contribution in [0.5, 0.6) is 5.75 Å². The summed E-state index contributed by atoms with van der Waals surface area (Å²) in [5.41, 5.74) is 8.71. The van der Waals surface area contributed by atoms with E-state index in [0.29, 0.717) is 89.7 Å². The molecule has 0 aliphatic heterocycles. The van der Waals surface area contributed by atoms with Crippen LogP contribution in [-0.2, 0) is 0 Å². The summed E-state index contributed by atoms with van der Waals surface area (Å²) in [4.78, 5) is 10.3. The Morgan fingerprint density at radius 1 is 0.818 bits per heavy atom. The Morgan fingerprint density at radius 3 is 1.97 bits per heavy atom. The molecular weight excluding hydrogens is 442 g/mol. The molecule has 0 heterocycles. The number of hydrogen-bond acceptors (Lipinski definition) is 8. The van der Waals surface area contributed by atoms with E-state index in [1.807, 2.05) is 42.5 Å². The second-order valence-electron chi connectivity index (χ2n) is 7.45. The first-order valence-electron chi connectivity index (χ1n) is 10.0. The van der Waals surface area contributed by atoms with Crippen molar-refractivity contribution in [3.8, 4) is 5.75 Å². The molecule has 4 aromatic rings. The van der Waals surface area contributed by atoms with Gasteiger partial charge in [-0.05, 0) is 0 Å². The molecule has 0 atom stereocenters. The zero-order valence-corrected chi connectivity index (χ0v) is 21.9. The number of nitro groups is 1. The van der Waals surface area contributed by atoms with Crippen molar-refractivity contribution in [3.05, 3.63) is 76.8 Å². The number of azo groups is 2. The van der Waals surface area contributed by atoms with Crippen molar-refractivity contribution in [1.82, 2.24) is 0 Å². The fraction of sp³-hybridized carbons (Fsp3) is 0. The first kappa shape index (κ1) is 23.5. The molecule has 0 spiro atoms. The fourth-order valence-electron chi connectivity index (χ4n) is 3.46. The van der Waals surface area contributed by atoms with Crippen LogP contribution in [0.4, 0.5) is 34.1 Å². The number of nitrogen functional groups attached to an aromatic ring is 1. The number of anilines is 1. The maximum atomic E-state index is 11.0. The van der Waals surface area contributed by atoms with Crippen molar-refractivity contribution in [2.75, 3.05) is 5.73 Å². The second-order valence-corrected chi connectivity index (χ2v) is 9.61. The van der Waals surface area contributed by atoms with Gasteiger partial charge in [0.25, 0.3) is 0 Å². The van der Waals surface area contributed by atoms with Crippen molar-refractivity contribution < 1.29 is 10.0 Å². The Balaban J connectivity index is 1.77. The van der Waals surface area contributed by atoms with Gasteiger partial charge in [-0.3, -0.25) is 0 Å². The summed E-state index contributed by atoms with van der Waals surface area (Å²) >= 11 is 1.32. The summed E-state index contributed by atoms with van der Waals surface area (Å²) in [6.07, 6.45) is 0. The Bertz CT molecular complexity index is 1420. The van der Waals surface area contributed by atoms with Crippen LogP contribution in [0.1, 0.15) is 0 Å². The Morgan fingerprint density at radius 2 is 1.36 bits per heavy atom. The van der Waals surface area contributed by atoms with Gasteiger partial charge in [0, 0.05) is 0 Å². The van der Waals surface area contributed by atoms with E-state index in [4.69, 9.17) is 5.73 Å². The second kappa shape index (κ2) is 10.1.